The number of hydrogen-bond donors (Lipinski definition) is 2. The first-order valence-corrected chi connectivity index (χ1v) is 8.19. The van der Waals surface area contributed by atoms with Crippen molar-refractivity contribution in [2.24, 2.45) is 5.73 Å². The highest BCUT2D eigenvalue weighted by Crippen LogP contribution is 2.24. The van der Waals surface area contributed by atoms with E-state index in [9.17, 15) is 14.9 Å². The van der Waals surface area contributed by atoms with Crippen LogP contribution in [-0.2, 0) is 9.59 Å². The second-order valence-corrected chi connectivity index (χ2v) is 5.38. The molecule has 0 heterocycles. The first-order chi connectivity index (χ1) is 13.0. The maximum Gasteiger partial charge on any atom is 0.266 e. The number of nitrogens with zero attached hydrogens (tertiary/aromatic N) is 1. The normalized spacial score (nSPS) is 10.6. The zero-order valence-electron chi connectivity index (χ0n) is 14.8. The summed E-state index contributed by atoms with van der Waals surface area (Å²) in [6.45, 7) is 2.08. The molecule has 2 aromatic rings. The number of para-hydroxylation sites is 2. The third-order valence-corrected chi connectivity index (χ3v) is 3.37. The average Bonchev–Trinajstić information content (AvgIpc) is 2.67. The molecule has 2 rings (SSSR count). The summed E-state index contributed by atoms with van der Waals surface area (Å²) >= 11 is 0. The van der Waals surface area contributed by atoms with Crippen molar-refractivity contribution in [1.82, 2.24) is 0 Å². The van der Waals surface area contributed by atoms with Crippen LogP contribution in [-0.4, -0.2) is 25.0 Å². The summed E-state index contributed by atoms with van der Waals surface area (Å²) in [5, 5.41) is 12.0. The number of rotatable bonds is 8. The van der Waals surface area contributed by atoms with Crippen LogP contribution in [0.4, 0.5) is 5.69 Å². The van der Waals surface area contributed by atoms with E-state index in [1.54, 1.807) is 48.5 Å². The molecule has 0 aliphatic carbocycles. The summed E-state index contributed by atoms with van der Waals surface area (Å²) in [5.41, 5.74) is 6.07. The average molecular weight is 365 g/mol. The molecule has 7 nitrogen and oxygen atoms in total. The van der Waals surface area contributed by atoms with Crippen LogP contribution in [0.3, 0.4) is 0 Å². The number of carbonyl (C=O) groups is 2. The lowest BCUT2D eigenvalue weighted by Crippen LogP contribution is -2.19. The van der Waals surface area contributed by atoms with Gasteiger partial charge in [-0.3, -0.25) is 9.59 Å². The Kier molecular flexibility index (Phi) is 6.97. The molecule has 3 N–H and O–H groups in total. The predicted molar refractivity (Wildman–Crippen MR) is 101 cm³/mol. The van der Waals surface area contributed by atoms with Gasteiger partial charge in [0.2, 0.25) is 0 Å². The van der Waals surface area contributed by atoms with Crippen molar-refractivity contribution < 1.29 is 19.1 Å². The molecular weight excluding hydrogens is 346 g/mol. The van der Waals surface area contributed by atoms with Crippen LogP contribution in [0, 0.1) is 11.3 Å². The molecule has 7 heteroatoms. The van der Waals surface area contributed by atoms with Gasteiger partial charge in [-0.1, -0.05) is 24.3 Å². The smallest absolute Gasteiger partial charge is 0.266 e. The maximum absolute atomic E-state index is 12.4. The first-order valence-electron chi connectivity index (χ1n) is 8.19. The van der Waals surface area contributed by atoms with Crippen LogP contribution in [0.2, 0.25) is 0 Å². The maximum atomic E-state index is 12.4. The molecule has 0 unspecified atom stereocenters. The van der Waals surface area contributed by atoms with Crippen molar-refractivity contribution in [1.29, 1.82) is 5.26 Å². The molecule has 0 radical (unpaired) electrons. The minimum atomic E-state index is -0.574. The number of anilines is 1. The van der Waals surface area contributed by atoms with Crippen molar-refractivity contribution >= 4 is 23.6 Å². The van der Waals surface area contributed by atoms with Crippen LogP contribution in [0.1, 0.15) is 12.5 Å². The van der Waals surface area contributed by atoms with E-state index in [4.69, 9.17) is 15.2 Å². The highest BCUT2D eigenvalue weighted by Gasteiger charge is 2.12. The second kappa shape index (κ2) is 9.63. The third-order valence-electron chi connectivity index (χ3n) is 3.37. The molecule has 0 aliphatic rings. The number of ether oxygens (including phenoxy) is 2. The Hall–Kier alpha value is -3.79. The molecule has 0 atom stereocenters. The van der Waals surface area contributed by atoms with E-state index in [1.807, 2.05) is 13.0 Å². The van der Waals surface area contributed by atoms with E-state index < -0.39 is 11.8 Å². The monoisotopic (exact) mass is 365 g/mol. The molecule has 0 bridgehead atoms. The van der Waals surface area contributed by atoms with E-state index in [2.05, 4.69) is 5.32 Å². The Morgan fingerprint density at radius 1 is 1.15 bits per heavy atom. The first kappa shape index (κ1) is 19.5. The van der Waals surface area contributed by atoms with E-state index in [1.165, 1.54) is 6.08 Å². The minimum Gasteiger partial charge on any atom is -0.492 e. The molecule has 2 amide bonds. The number of nitrogens with one attached hydrogen (secondary N) is 1. The van der Waals surface area contributed by atoms with Gasteiger partial charge in [0.1, 0.15) is 23.1 Å². The van der Waals surface area contributed by atoms with Gasteiger partial charge < -0.3 is 20.5 Å². The SMILES string of the molecule is CCOc1ccccc1NC(=O)/C(C#N)=C/c1ccc(OCC(N)=O)cc1. The largest absolute Gasteiger partial charge is 0.492 e. The van der Waals surface area contributed by atoms with Gasteiger partial charge in [0, 0.05) is 0 Å². The zero-order chi connectivity index (χ0) is 19.6. The van der Waals surface area contributed by atoms with Gasteiger partial charge in [-0.2, -0.15) is 5.26 Å². The van der Waals surface area contributed by atoms with Crippen molar-refractivity contribution in [3.8, 4) is 17.6 Å². The quantitative estimate of drug-likeness (QED) is 0.551. The Balaban J connectivity index is 2.12. The van der Waals surface area contributed by atoms with Crippen LogP contribution in [0.15, 0.2) is 54.1 Å². The van der Waals surface area contributed by atoms with Gasteiger partial charge in [-0.25, -0.2) is 0 Å². The lowest BCUT2D eigenvalue weighted by Gasteiger charge is -2.10. The number of amides is 2. The van der Waals surface area contributed by atoms with Gasteiger partial charge in [0.05, 0.1) is 12.3 Å². The van der Waals surface area contributed by atoms with Gasteiger partial charge in [0.25, 0.3) is 11.8 Å². The Labute approximate surface area is 157 Å². The summed E-state index contributed by atoms with van der Waals surface area (Å²) < 4.78 is 10.6. The van der Waals surface area contributed by atoms with Gasteiger partial charge in [-0.15, -0.1) is 0 Å². The lowest BCUT2D eigenvalue weighted by atomic mass is 10.1. The third kappa shape index (κ3) is 5.90. The topological polar surface area (TPSA) is 114 Å². The van der Waals surface area contributed by atoms with Crippen LogP contribution in [0.5, 0.6) is 11.5 Å². The summed E-state index contributed by atoms with van der Waals surface area (Å²) in [7, 11) is 0. The van der Waals surface area contributed by atoms with E-state index in [0.717, 1.165) is 0 Å². The van der Waals surface area contributed by atoms with Crippen molar-refractivity contribution in [2.75, 3.05) is 18.5 Å². The summed E-state index contributed by atoms with van der Waals surface area (Å²) in [5.74, 6) is -0.130. The predicted octanol–water partition coefficient (Wildman–Crippen LogP) is 2.50. The Morgan fingerprint density at radius 3 is 2.48 bits per heavy atom. The van der Waals surface area contributed by atoms with Crippen molar-refractivity contribution in [2.45, 2.75) is 6.92 Å². The van der Waals surface area contributed by atoms with E-state index >= 15 is 0 Å². The van der Waals surface area contributed by atoms with Gasteiger partial charge in [0.15, 0.2) is 6.61 Å². The van der Waals surface area contributed by atoms with Crippen molar-refractivity contribution in [3.05, 3.63) is 59.7 Å². The van der Waals surface area contributed by atoms with Crippen LogP contribution in [0.25, 0.3) is 6.08 Å². The van der Waals surface area contributed by atoms with Crippen molar-refractivity contribution in [3.63, 3.8) is 0 Å². The highest BCUT2D eigenvalue weighted by atomic mass is 16.5. The second-order valence-electron chi connectivity index (χ2n) is 5.38. The molecule has 0 fully saturated rings. The molecule has 0 spiro atoms. The summed E-state index contributed by atoms with van der Waals surface area (Å²) in [6.07, 6.45) is 1.45. The fourth-order valence-corrected chi connectivity index (χ4v) is 2.17. The molecule has 0 saturated heterocycles. The number of primary amides is 1. The Morgan fingerprint density at radius 2 is 1.85 bits per heavy atom. The number of carbonyl (C=O) groups excluding carboxylic acids is 2. The molecule has 0 saturated carbocycles. The fourth-order valence-electron chi connectivity index (χ4n) is 2.17. The molecule has 0 aromatic heterocycles. The highest BCUT2D eigenvalue weighted by molar-refractivity contribution is 6.10. The number of hydrogen-bond acceptors (Lipinski definition) is 5. The fraction of sp³-hybridized carbons (Fsp3) is 0.150. The molecule has 138 valence electrons. The molecule has 2 aromatic carbocycles. The Bertz CT molecular complexity index is 883. The minimum absolute atomic E-state index is 0.0629. The molecule has 0 aliphatic heterocycles. The van der Waals surface area contributed by atoms with E-state index in [-0.39, 0.29) is 12.2 Å². The van der Waals surface area contributed by atoms with Gasteiger partial charge >= 0.3 is 0 Å². The van der Waals surface area contributed by atoms with Crippen LogP contribution >= 0.6 is 0 Å². The molecule has 27 heavy (non-hydrogen) atoms. The van der Waals surface area contributed by atoms with E-state index in [0.29, 0.717) is 29.4 Å². The lowest BCUT2D eigenvalue weighted by molar-refractivity contribution is -0.120. The number of benzene rings is 2. The number of nitriles is 1. The van der Waals surface area contributed by atoms with Gasteiger partial charge in [-0.05, 0) is 42.8 Å². The standard InChI is InChI=1S/C20H19N3O4/c1-2-26-18-6-4-3-5-17(18)23-20(25)15(12-21)11-14-7-9-16(10-8-14)27-13-19(22)24/h3-11H,2,13H2,1H3,(H2,22,24)(H,23,25)/b15-11+. The summed E-state index contributed by atoms with van der Waals surface area (Å²) in [4.78, 5) is 23.1. The summed E-state index contributed by atoms with van der Waals surface area (Å²) in [6, 6.07) is 15.4. The molecular formula is C20H19N3O4. The number of nitrogens with two attached hydrogens (primary N) is 1. The zero-order valence-corrected chi connectivity index (χ0v) is 14.8. The van der Waals surface area contributed by atoms with Crippen LogP contribution < -0.4 is 20.5 Å².